The summed E-state index contributed by atoms with van der Waals surface area (Å²) >= 11 is 3.34. The van der Waals surface area contributed by atoms with Crippen molar-refractivity contribution in [3.05, 3.63) is 12.7 Å². The van der Waals surface area contributed by atoms with E-state index < -0.39 is 0 Å². The largest absolute Gasteiger partial charge is 0.383 e. The number of hydrogen-bond acceptors (Lipinski definition) is 2. The van der Waals surface area contributed by atoms with Gasteiger partial charge in [0.15, 0.2) is 0 Å². The standard InChI is InChI=1S/C10H18BrNO2/c1-4-6-12(7-8-14-3)10(13)9(11)5-2/h4,9H,1,5-8H2,2-3H3. The van der Waals surface area contributed by atoms with Crippen LogP contribution in [0.3, 0.4) is 0 Å². The first kappa shape index (κ1) is 13.7. The molecule has 0 spiro atoms. The van der Waals surface area contributed by atoms with Crippen molar-refractivity contribution < 1.29 is 9.53 Å². The molecule has 0 N–H and O–H groups in total. The molecular weight excluding hydrogens is 246 g/mol. The van der Waals surface area contributed by atoms with E-state index in [1.165, 1.54) is 0 Å². The van der Waals surface area contributed by atoms with Gasteiger partial charge in [-0.2, -0.15) is 0 Å². The second-order valence-electron chi connectivity index (χ2n) is 2.94. The summed E-state index contributed by atoms with van der Waals surface area (Å²) in [5.74, 6) is 0.101. The van der Waals surface area contributed by atoms with Gasteiger partial charge in [-0.3, -0.25) is 4.79 Å². The molecule has 1 unspecified atom stereocenters. The summed E-state index contributed by atoms with van der Waals surface area (Å²) in [6.07, 6.45) is 2.52. The molecule has 1 atom stereocenters. The fraction of sp³-hybridized carbons (Fsp3) is 0.700. The zero-order valence-electron chi connectivity index (χ0n) is 8.83. The van der Waals surface area contributed by atoms with E-state index in [0.29, 0.717) is 19.7 Å². The van der Waals surface area contributed by atoms with Gasteiger partial charge >= 0.3 is 0 Å². The smallest absolute Gasteiger partial charge is 0.236 e. The SMILES string of the molecule is C=CCN(CCOC)C(=O)C(Br)CC. The summed E-state index contributed by atoms with van der Waals surface area (Å²) < 4.78 is 4.94. The number of hydrogen-bond donors (Lipinski definition) is 0. The van der Waals surface area contributed by atoms with Gasteiger partial charge in [0.1, 0.15) is 0 Å². The summed E-state index contributed by atoms with van der Waals surface area (Å²) in [4.78, 5) is 13.4. The van der Waals surface area contributed by atoms with Crippen LogP contribution in [0.15, 0.2) is 12.7 Å². The van der Waals surface area contributed by atoms with E-state index in [1.807, 2.05) is 6.92 Å². The Morgan fingerprint density at radius 2 is 2.36 bits per heavy atom. The molecule has 82 valence electrons. The van der Waals surface area contributed by atoms with Crippen LogP contribution in [0, 0.1) is 0 Å². The molecule has 0 bridgehead atoms. The Kier molecular flexibility index (Phi) is 7.80. The van der Waals surface area contributed by atoms with Gasteiger partial charge in [0.25, 0.3) is 0 Å². The highest BCUT2D eigenvalue weighted by atomic mass is 79.9. The van der Waals surface area contributed by atoms with Crippen LogP contribution in [-0.4, -0.2) is 42.4 Å². The van der Waals surface area contributed by atoms with Gasteiger partial charge in [-0.25, -0.2) is 0 Å². The number of carbonyl (C=O) groups excluding carboxylic acids is 1. The minimum Gasteiger partial charge on any atom is -0.383 e. The van der Waals surface area contributed by atoms with Gasteiger partial charge in [-0.15, -0.1) is 6.58 Å². The van der Waals surface area contributed by atoms with E-state index in [9.17, 15) is 4.79 Å². The zero-order valence-corrected chi connectivity index (χ0v) is 10.4. The Morgan fingerprint density at radius 3 is 2.79 bits per heavy atom. The van der Waals surface area contributed by atoms with E-state index >= 15 is 0 Å². The Bertz CT molecular complexity index is 185. The molecule has 0 saturated heterocycles. The quantitative estimate of drug-likeness (QED) is 0.518. The van der Waals surface area contributed by atoms with E-state index in [-0.39, 0.29) is 10.7 Å². The number of carbonyl (C=O) groups is 1. The van der Waals surface area contributed by atoms with Crippen LogP contribution in [0.5, 0.6) is 0 Å². The summed E-state index contributed by atoms with van der Waals surface area (Å²) in [5, 5.41) is 0. The van der Waals surface area contributed by atoms with E-state index in [1.54, 1.807) is 18.1 Å². The first-order valence-electron chi connectivity index (χ1n) is 4.70. The molecular formula is C10H18BrNO2. The van der Waals surface area contributed by atoms with Crippen molar-refractivity contribution >= 4 is 21.8 Å². The third-order valence-electron chi connectivity index (χ3n) is 1.85. The topological polar surface area (TPSA) is 29.5 Å². The number of amides is 1. The lowest BCUT2D eigenvalue weighted by atomic mass is 10.3. The Morgan fingerprint density at radius 1 is 1.71 bits per heavy atom. The maximum atomic E-state index is 11.7. The number of halogens is 1. The van der Waals surface area contributed by atoms with Gasteiger partial charge in [0.05, 0.1) is 11.4 Å². The van der Waals surface area contributed by atoms with Crippen LogP contribution < -0.4 is 0 Å². The number of alkyl halides is 1. The fourth-order valence-corrected chi connectivity index (χ4v) is 1.31. The van der Waals surface area contributed by atoms with Gasteiger partial charge in [0, 0.05) is 20.2 Å². The molecule has 0 aliphatic carbocycles. The Hall–Kier alpha value is -0.350. The number of nitrogens with zero attached hydrogens (tertiary/aromatic N) is 1. The van der Waals surface area contributed by atoms with E-state index in [2.05, 4.69) is 22.5 Å². The second-order valence-corrected chi connectivity index (χ2v) is 4.05. The van der Waals surface area contributed by atoms with Crippen molar-refractivity contribution in [2.24, 2.45) is 0 Å². The molecule has 0 saturated carbocycles. The molecule has 14 heavy (non-hydrogen) atoms. The van der Waals surface area contributed by atoms with Gasteiger partial charge in [0.2, 0.25) is 5.91 Å². The summed E-state index contributed by atoms with van der Waals surface area (Å²) in [7, 11) is 1.63. The Balaban J connectivity index is 4.16. The monoisotopic (exact) mass is 263 g/mol. The number of ether oxygens (including phenoxy) is 1. The number of rotatable bonds is 7. The fourth-order valence-electron chi connectivity index (χ4n) is 1.02. The molecule has 0 radical (unpaired) electrons. The lowest BCUT2D eigenvalue weighted by Gasteiger charge is -2.22. The predicted octanol–water partition coefficient (Wildman–Crippen LogP) is 1.82. The average molecular weight is 264 g/mol. The van der Waals surface area contributed by atoms with Crippen molar-refractivity contribution in [1.29, 1.82) is 0 Å². The minimum atomic E-state index is -0.0979. The van der Waals surface area contributed by atoms with Crippen molar-refractivity contribution in [1.82, 2.24) is 4.90 Å². The van der Waals surface area contributed by atoms with Gasteiger partial charge < -0.3 is 9.64 Å². The molecule has 0 aromatic heterocycles. The molecule has 0 aliphatic rings. The molecule has 3 nitrogen and oxygen atoms in total. The number of methoxy groups -OCH3 is 1. The third-order valence-corrected chi connectivity index (χ3v) is 2.89. The van der Waals surface area contributed by atoms with Crippen molar-refractivity contribution in [2.45, 2.75) is 18.2 Å². The van der Waals surface area contributed by atoms with Crippen molar-refractivity contribution in [2.75, 3.05) is 26.8 Å². The van der Waals surface area contributed by atoms with Crippen molar-refractivity contribution in [3.8, 4) is 0 Å². The minimum absolute atomic E-state index is 0.0979. The summed E-state index contributed by atoms with van der Waals surface area (Å²) in [6.45, 7) is 7.34. The first-order chi connectivity index (χ1) is 6.67. The maximum absolute atomic E-state index is 11.7. The molecule has 0 aliphatic heterocycles. The Labute approximate surface area is 94.2 Å². The lowest BCUT2D eigenvalue weighted by molar-refractivity contribution is -0.130. The van der Waals surface area contributed by atoms with Crippen LogP contribution in [0.25, 0.3) is 0 Å². The second kappa shape index (κ2) is 8.00. The summed E-state index contributed by atoms with van der Waals surface area (Å²) in [5.41, 5.74) is 0. The highest BCUT2D eigenvalue weighted by Gasteiger charge is 2.18. The van der Waals surface area contributed by atoms with Gasteiger partial charge in [-0.1, -0.05) is 28.9 Å². The molecule has 1 amide bonds. The van der Waals surface area contributed by atoms with Crippen LogP contribution in [0.1, 0.15) is 13.3 Å². The molecule has 0 rings (SSSR count). The molecule has 0 fully saturated rings. The van der Waals surface area contributed by atoms with Crippen LogP contribution in [-0.2, 0) is 9.53 Å². The normalized spacial score (nSPS) is 12.2. The van der Waals surface area contributed by atoms with Crippen molar-refractivity contribution in [3.63, 3.8) is 0 Å². The van der Waals surface area contributed by atoms with Crippen LogP contribution >= 0.6 is 15.9 Å². The third kappa shape index (κ3) is 4.77. The van der Waals surface area contributed by atoms with E-state index in [4.69, 9.17) is 4.74 Å². The average Bonchev–Trinajstić information content (AvgIpc) is 2.22. The van der Waals surface area contributed by atoms with Crippen LogP contribution in [0.2, 0.25) is 0 Å². The summed E-state index contributed by atoms with van der Waals surface area (Å²) in [6, 6.07) is 0. The zero-order chi connectivity index (χ0) is 11.0. The molecule has 0 aromatic carbocycles. The lowest BCUT2D eigenvalue weighted by Crippen LogP contribution is -2.38. The molecule has 0 aromatic rings. The van der Waals surface area contributed by atoms with E-state index in [0.717, 1.165) is 6.42 Å². The first-order valence-corrected chi connectivity index (χ1v) is 5.61. The van der Waals surface area contributed by atoms with Gasteiger partial charge in [-0.05, 0) is 6.42 Å². The molecule has 0 heterocycles. The highest BCUT2D eigenvalue weighted by Crippen LogP contribution is 2.08. The van der Waals surface area contributed by atoms with Crippen LogP contribution in [0.4, 0.5) is 0 Å². The molecule has 4 heteroatoms. The predicted molar refractivity (Wildman–Crippen MR) is 61.7 cm³/mol. The maximum Gasteiger partial charge on any atom is 0.236 e. The highest BCUT2D eigenvalue weighted by molar-refractivity contribution is 9.10.